The van der Waals surface area contributed by atoms with E-state index in [4.69, 9.17) is 5.41 Å². The minimum atomic E-state index is 0.396. The molecule has 0 saturated carbocycles. The fourth-order valence-electron chi connectivity index (χ4n) is 3.49. The number of aromatic amines is 3. The van der Waals surface area contributed by atoms with Gasteiger partial charge in [-0.1, -0.05) is 0 Å². The lowest BCUT2D eigenvalue weighted by atomic mass is 10.2. The fraction of sp³-hybridized carbons (Fsp3) is 0.0909. The topological polar surface area (TPSA) is 84.1 Å². The van der Waals surface area contributed by atoms with Crippen LogP contribution in [0, 0.1) is 19.3 Å². The summed E-state index contributed by atoms with van der Waals surface area (Å²) >= 11 is 0. The van der Waals surface area contributed by atoms with E-state index in [0.717, 1.165) is 49.9 Å². The molecule has 4 aromatic rings. The van der Waals surface area contributed by atoms with Crippen LogP contribution in [0.2, 0.25) is 0 Å². The Kier molecular flexibility index (Phi) is 3.31. The summed E-state index contributed by atoms with van der Waals surface area (Å²) in [7, 11) is 0. The van der Waals surface area contributed by atoms with Gasteiger partial charge in [0.1, 0.15) is 5.36 Å². The number of nitrogens with one attached hydrogen (secondary N) is 4. The highest BCUT2D eigenvalue weighted by Gasteiger charge is 2.06. The van der Waals surface area contributed by atoms with E-state index >= 15 is 0 Å². The highest BCUT2D eigenvalue weighted by atomic mass is 14.8. The van der Waals surface area contributed by atoms with Crippen molar-refractivity contribution in [3.8, 4) is 0 Å². The van der Waals surface area contributed by atoms with Gasteiger partial charge in [0.2, 0.25) is 0 Å². The zero-order chi connectivity index (χ0) is 18.5. The van der Waals surface area contributed by atoms with Crippen molar-refractivity contribution >= 4 is 45.3 Å². The molecule has 0 unspecified atom stereocenters. The third-order valence-electron chi connectivity index (χ3n) is 5.18. The molecule has 132 valence electrons. The van der Waals surface area contributed by atoms with Gasteiger partial charge >= 0.3 is 0 Å². The van der Waals surface area contributed by atoms with E-state index < -0.39 is 0 Å². The maximum absolute atomic E-state index is 8.54. The monoisotopic (exact) mass is 353 g/mol. The van der Waals surface area contributed by atoms with Crippen LogP contribution in [-0.2, 0) is 0 Å². The molecule has 0 aromatic carbocycles. The van der Waals surface area contributed by atoms with E-state index in [1.807, 2.05) is 31.2 Å². The zero-order valence-electron chi connectivity index (χ0n) is 15.1. The first-order chi connectivity index (χ1) is 13.1. The molecule has 8 bridgehead atoms. The Balaban J connectivity index is 1.98. The van der Waals surface area contributed by atoms with Gasteiger partial charge in [-0.05, 0) is 79.6 Å². The third kappa shape index (κ3) is 2.56. The first kappa shape index (κ1) is 15.6. The number of aromatic nitrogens is 4. The highest BCUT2D eigenvalue weighted by molar-refractivity contribution is 5.79. The SMILES string of the molecule is Cc1c2nc(c(=N)c3ccc([nH]3)c(C)c3ccc(cc4ccc1[nH]4)[nH]3)C=C2. The number of hydrogen-bond donors (Lipinski definition) is 4. The number of fused-ring (bicyclic) bond motifs is 8. The predicted molar refractivity (Wildman–Crippen MR) is 111 cm³/mol. The molecule has 0 saturated heterocycles. The molecule has 27 heavy (non-hydrogen) atoms. The van der Waals surface area contributed by atoms with Crippen molar-refractivity contribution in [1.82, 2.24) is 19.9 Å². The lowest BCUT2D eigenvalue weighted by Crippen LogP contribution is -2.03. The normalized spacial score (nSPS) is 12.1. The molecule has 5 heteroatoms. The van der Waals surface area contributed by atoms with Crippen LogP contribution in [0.4, 0.5) is 0 Å². The van der Waals surface area contributed by atoms with Gasteiger partial charge in [-0.3, -0.25) is 5.41 Å². The van der Waals surface area contributed by atoms with Crippen LogP contribution in [0.3, 0.4) is 0 Å². The molecule has 0 spiro atoms. The lowest BCUT2D eigenvalue weighted by Gasteiger charge is -1.93. The van der Waals surface area contributed by atoms with Crippen LogP contribution >= 0.6 is 0 Å². The maximum atomic E-state index is 8.54. The van der Waals surface area contributed by atoms with E-state index in [9.17, 15) is 0 Å². The molecule has 1 aliphatic rings. The maximum Gasteiger partial charge on any atom is 0.103 e. The largest absolute Gasteiger partial charge is 0.355 e. The molecule has 0 aliphatic carbocycles. The number of hydrogen-bond acceptors (Lipinski definition) is 2. The quantitative estimate of drug-likeness (QED) is 0.317. The first-order valence-electron chi connectivity index (χ1n) is 8.92. The van der Waals surface area contributed by atoms with Gasteiger partial charge in [0, 0.05) is 27.6 Å². The van der Waals surface area contributed by atoms with Gasteiger partial charge in [-0.15, -0.1) is 0 Å². The Labute approximate surface area is 155 Å². The lowest BCUT2D eigenvalue weighted by molar-refractivity contribution is 1.19. The Morgan fingerprint density at radius 2 is 1.22 bits per heavy atom. The molecular formula is C22H19N5. The molecule has 1 aliphatic heterocycles. The Hall–Kier alpha value is -3.60. The van der Waals surface area contributed by atoms with Gasteiger partial charge in [-0.2, -0.15) is 0 Å². The minimum Gasteiger partial charge on any atom is -0.355 e. The van der Waals surface area contributed by atoms with Crippen LogP contribution in [-0.4, -0.2) is 19.9 Å². The second-order valence-corrected chi connectivity index (χ2v) is 6.93. The second kappa shape index (κ2) is 5.71. The predicted octanol–water partition coefficient (Wildman–Crippen LogP) is 4.79. The van der Waals surface area contributed by atoms with Crippen molar-refractivity contribution in [3.05, 3.63) is 70.3 Å². The summed E-state index contributed by atoms with van der Waals surface area (Å²) in [6.45, 7) is 4.12. The van der Waals surface area contributed by atoms with Crippen LogP contribution in [0.1, 0.15) is 22.5 Å². The Morgan fingerprint density at radius 3 is 1.96 bits per heavy atom. The van der Waals surface area contributed by atoms with E-state index in [0.29, 0.717) is 11.1 Å². The summed E-state index contributed by atoms with van der Waals surface area (Å²) in [6, 6.07) is 14.3. The average molecular weight is 353 g/mol. The minimum absolute atomic E-state index is 0.396. The Morgan fingerprint density at radius 1 is 0.667 bits per heavy atom. The molecule has 0 fully saturated rings. The van der Waals surface area contributed by atoms with Crippen molar-refractivity contribution in [3.63, 3.8) is 0 Å². The van der Waals surface area contributed by atoms with Crippen molar-refractivity contribution in [1.29, 1.82) is 5.41 Å². The van der Waals surface area contributed by atoms with Crippen molar-refractivity contribution in [2.24, 2.45) is 0 Å². The molecular weight excluding hydrogens is 334 g/mol. The highest BCUT2D eigenvalue weighted by Crippen LogP contribution is 2.19. The van der Waals surface area contributed by atoms with E-state index in [1.54, 1.807) is 0 Å². The van der Waals surface area contributed by atoms with Gasteiger partial charge in [0.15, 0.2) is 0 Å². The zero-order valence-corrected chi connectivity index (χ0v) is 15.1. The van der Waals surface area contributed by atoms with Gasteiger partial charge in [-0.25, -0.2) is 4.98 Å². The molecule has 5 heterocycles. The van der Waals surface area contributed by atoms with E-state index in [1.165, 1.54) is 0 Å². The smallest absolute Gasteiger partial charge is 0.103 e. The number of rotatable bonds is 0. The van der Waals surface area contributed by atoms with Crippen LogP contribution in [0.15, 0.2) is 42.5 Å². The summed E-state index contributed by atoms with van der Waals surface area (Å²) in [5.41, 5.74) is 9.62. The third-order valence-corrected chi connectivity index (χ3v) is 5.18. The summed E-state index contributed by atoms with van der Waals surface area (Å²) in [5, 5.41) is 8.94. The summed E-state index contributed by atoms with van der Waals surface area (Å²) in [5.74, 6) is 0. The fourth-order valence-corrected chi connectivity index (χ4v) is 3.49. The van der Waals surface area contributed by atoms with Crippen LogP contribution < -0.4 is 5.36 Å². The van der Waals surface area contributed by atoms with Crippen molar-refractivity contribution in [2.75, 3.05) is 0 Å². The summed E-state index contributed by atoms with van der Waals surface area (Å²) in [4.78, 5) is 14.9. The molecule has 0 atom stereocenters. The number of H-pyrrole nitrogens is 3. The number of aryl methyl sites for hydroxylation is 2. The molecule has 0 radical (unpaired) electrons. The molecule has 4 N–H and O–H groups in total. The molecule has 0 amide bonds. The van der Waals surface area contributed by atoms with Gasteiger partial charge in [0.25, 0.3) is 0 Å². The molecule has 5 rings (SSSR count). The van der Waals surface area contributed by atoms with Gasteiger partial charge in [0.05, 0.1) is 16.9 Å². The van der Waals surface area contributed by atoms with E-state index in [-0.39, 0.29) is 0 Å². The average Bonchev–Trinajstić information content (AvgIpc) is 3.46. The first-order valence-corrected chi connectivity index (χ1v) is 8.92. The van der Waals surface area contributed by atoms with E-state index in [2.05, 4.69) is 57.2 Å². The van der Waals surface area contributed by atoms with Gasteiger partial charge < -0.3 is 15.0 Å². The summed E-state index contributed by atoms with van der Waals surface area (Å²) < 4.78 is 0. The standard InChI is InChI=1S/C22H19N5/c1-12-16-5-3-14(24-16)11-15-4-6-17(25-15)13(2)19-8-10-21(27-19)22(23)20-9-7-18(12)26-20/h3-11,23-26H,1-2H3. The molecule has 4 aromatic heterocycles. The van der Waals surface area contributed by atoms with Crippen molar-refractivity contribution in [2.45, 2.75) is 13.8 Å². The van der Waals surface area contributed by atoms with Crippen molar-refractivity contribution < 1.29 is 0 Å². The summed E-state index contributed by atoms with van der Waals surface area (Å²) in [6.07, 6.45) is 3.88. The number of nitrogens with zero attached hydrogens (tertiary/aromatic N) is 1. The van der Waals surface area contributed by atoms with Crippen LogP contribution in [0.25, 0.3) is 45.3 Å². The second-order valence-electron chi connectivity index (χ2n) is 6.93. The van der Waals surface area contributed by atoms with Crippen LogP contribution in [0.5, 0.6) is 0 Å². The Bertz CT molecular complexity index is 1410. The molecule has 5 nitrogen and oxygen atoms in total.